The first-order chi connectivity index (χ1) is 8.15. The van der Waals surface area contributed by atoms with Crippen molar-refractivity contribution in [3.05, 3.63) is 54.1 Å². The van der Waals surface area contributed by atoms with E-state index in [1.807, 2.05) is 6.07 Å². The van der Waals surface area contributed by atoms with Gasteiger partial charge in [0, 0.05) is 16.0 Å². The van der Waals surface area contributed by atoms with Crippen molar-refractivity contribution in [2.24, 2.45) is 0 Å². The van der Waals surface area contributed by atoms with Crippen LogP contribution >= 0.6 is 11.8 Å². The van der Waals surface area contributed by atoms with Crippen molar-refractivity contribution in [1.29, 1.82) is 0 Å². The highest BCUT2D eigenvalue weighted by Gasteiger charge is 2.03. The molecule has 17 heavy (non-hydrogen) atoms. The van der Waals surface area contributed by atoms with E-state index < -0.39 is 6.10 Å². The van der Waals surface area contributed by atoms with Gasteiger partial charge in [0.05, 0.1) is 11.8 Å². The predicted molar refractivity (Wildman–Crippen MR) is 65.4 cm³/mol. The maximum Gasteiger partial charge on any atom is 0.123 e. The van der Waals surface area contributed by atoms with E-state index in [1.54, 1.807) is 31.3 Å². The van der Waals surface area contributed by atoms with Gasteiger partial charge in [-0.15, -0.1) is 0 Å². The molecule has 2 rings (SSSR count). The van der Waals surface area contributed by atoms with Gasteiger partial charge in [-0.3, -0.25) is 4.98 Å². The highest BCUT2D eigenvalue weighted by molar-refractivity contribution is 7.99. The van der Waals surface area contributed by atoms with Crippen LogP contribution in [-0.4, -0.2) is 10.1 Å². The van der Waals surface area contributed by atoms with E-state index in [9.17, 15) is 9.50 Å². The monoisotopic (exact) mass is 249 g/mol. The first-order valence-electron chi connectivity index (χ1n) is 5.22. The van der Waals surface area contributed by atoms with Crippen molar-refractivity contribution in [2.75, 3.05) is 0 Å². The number of aromatic nitrogens is 1. The van der Waals surface area contributed by atoms with Crippen molar-refractivity contribution < 1.29 is 9.50 Å². The second-order valence-corrected chi connectivity index (χ2v) is 4.80. The Labute approximate surface area is 104 Å². The molecule has 1 aromatic carbocycles. The van der Waals surface area contributed by atoms with Gasteiger partial charge >= 0.3 is 0 Å². The number of rotatable bonds is 3. The third-order valence-electron chi connectivity index (χ3n) is 2.24. The standard InChI is InChI=1S/C13H12FNOS/c1-9(16)13-7-6-12(8-15-13)17-11-4-2-10(14)3-5-11/h2-9,16H,1H3. The maximum absolute atomic E-state index is 12.7. The molecule has 0 fully saturated rings. The molecule has 1 heterocycles. The maximum atomic E-state index is 12.7. The van der Waals surface area contributed by atoms with Crippen LogP contribution < -0.4 is 0 Å². The number of hydrogen-bond acceptors (Lipinski definition) is 3. The highest BCUT2D eigenvalue weighted by atomic mass is 32.2. The van der Waals surface area contributed by atoms with Crippen molar-refractivity contribution in [3.8, 4) is 0 Å². The first-order valence-corrected chi connectivity index (χ1v) is 6.04. The molecule has 0 aliphatic rings. The molecule has 1 unspecified atom stereocenters. The smallest absolute Gasteiger partial charge is 0.123 e. The van der Waals surface area contributed by atoms with Crippen molar-refractivity contribution in [3.63, 3.8) is 0 Å². The van der Waals surface area contributed by atoms with Crippen molar-refractivity contribution >= 4 is 11.8 Å². The first kappa shape index (κ1) is 12.1. The topological polar surface area (TPSA) is 33.1 Å². The van der Waals surface area contributed by atoms with Gasteiger partial charge in [-0.2, -0.15) is 0 Å². The van der Waals surface area contributed by atoms with Crippen LogP contribution in [0.15, 0.2) is 52.4 Å². The van der Waals surface area contributed by atoms with E-state index in [2.05, 4.69) is 4.98 Å². The molecule has 1 atom stereocenters. The van der Waals surface area contributed by atoms with Crippen LogP contribution in [0.5, 0.6) is 0 Å². The lowest BCUT2D eigenvalue weighted by Gasteiger charge is -2.05. The molecule has 0 saturated carbocycles. The van der Waals surface area contributed by atoms with E-state index >= 15 is 0 Å². The van der Waals surface area contributed by atoms with Crippen LogP contribution in [0.4, 0.5) is 4.39 Å². The molecule has 1 aromatic heterocycles. The normalized spacial score (nSPS) is 12.4. The van der Waals surface area contributed by atoms with Gasteiger partial charge in [-0.1, -0.05) is 11.8 Å². The zero-order chi connectivity index (χ0) is 12.3. The van der Waals surface area contributed by atoms with Crippen LogP contribution in [0, 0.1) is 5.82 Å². The Morgan fingerprint density at radius 2 is 1.76 bits per heavy atom. The van der Waals surface area contributed by atoms with Crippen LogP contribution in [-0.2, 0) is 0 Å². The fourth-order valence-electron chi connectivity index (χ4n) is 1.34. The molecule has 0 spiro atoms. The van der Waals surface area contributed by atoms with Crippen LogP contribution in [0.1, 0.15) is 18.7 Å². The molecule has 0 saturated heterocycles. The van der Waals surface area contributed by atoms with Crippen LogP contribution in [0.3, 0.4) is 0 Å². The number of aliphatic hydroxyl groups excluding tert-OH is 1. The summed E-state index contributed by atoms with van der Waals surface area (Å²) < 4.78 is 12.7. The second-order valence-electron chi connectivity index (χ2n) is 3.65. The van der Waals surface area contributed by atoms with Gasteiger partial charge in [0.25, 0.3) is 0 Å². The molecule has 88 valence electrons. The summed E-state index contributed by atoms with van der Waals surface area (Å²) in [5.74, 6) is -0.239. The van der Waals surface area contributed by atoms with Gasteiger partial charge in [0.1, 0.15) is 5.82 Å². The summed E-state index contributed by atoms with van der Waals surface area (Å²) in [7, 11) is 0. The zero-order valence-electron chi connectivity index (χ0n) is 9.30. The molecule has 2 nitrogen and oxygen atoms in total. The molecule has 0 bridgehead atoms. The Morgan fingerprint density at radius 3 is 2.29 bits per heavy atom. The average molecular weight is 249 g/mol. The molecular formula is C13H12FNOS. The molecule has 0 amide bonds. The summed E-state index contributed by atoms with van der Waals surface area (Å²) in [6.45, 7) is 1.68. The minimum absolute atomic E-state index is 0.239. The zero-order valence-corrected chi connectivity index (χ0v) is 10.1. The van der Waals surface area contributed by atoms with E-state index in [0.29, 0.717) is 5.69 Å². The number of halogens is 1. The second kappa shape index (κ2) is 5.29. The summed E-state index contributed by atoms with van der Waals surface area (Å²) in [5.41, 5.74) is 0.647. The van der Waals surface area contributed by atoms with E-state index in [1.165, 1.54) is 23.9 Å². The Morgan fingerprint density at radius 1 is 1.12 bits per heavy atom. The van der Waals surface area contributed by atoms with Crippen LogP contribution in [0.2, 0.25) is 0 Å². The summed E-state index contributed by atoms with van der Waals surface area (Å²) >= 11 is 1.51. The fourth-order valence-corrected chi connectivity index (χ4v) is 2.12. The lowest BCUT2D eigenvalue weighted by molar-refractivity contribution is 0.194. The SMILES string of the molecule is CC(O)c1ccc(Sc2ccc(F)cc2)cn1. The largest absolute Gasteiger partial charge is 0.387 e. The molecule has 2 aromatic rings. The van der Waals surface area contributed by atoms with Gasteiger partial charge in [-0.05, 0) is 43.3 Å². The van der Waals surface area contributed by atoms with Gasteiger partial charge in [0.15, 0.2) is 0 Å². The molecule has 0 radical (unpaired) electrons. The Hall–Kier alpha value is -1.39. The minimum atomic E-state index is -0.556. The molecule has 0 aliphatic carbocycles. The number of nitrogens with zero attached hydrogens (tertiary/aromatic N) is 1. The van der Waals surface area contributed by atoms with E-state index in [0.717, 1.165) is 9.79 Å². The van der Waals surface area contributed by atoms with E-state index in [-0.39, 0.29) is 5.82 Å². The van der Waals surface area contributed by atoms with Crippen molar-refractivity contribution in [2.45, 2.75) is 22.8 Å². The van der Waals surface area contributed by atoms with Gasteiger partial charge < -0.3 is 5.11 Å². The number of aliphatic hydroxyl groups is 1. The highest BCUT2D eigenvalue weighted by Crippen LogP contribution is 2.27. The molecule has 0 aliphatic heterocycles. The predicted octanol–water partition coefficient (Wildman–Crippen LogP) is 3.43. The van der Waals surface area contributed by atoms with Gasteiger partial charge in [-0.25, -0.2) is 4.39 Å². The molecular weight excluding hydrogens is 237 g/mol. The third-order valence-corrected chi connectivity index (χ3v) is 3.22. The van der Waals surface area contributed by atoms with Gasteiger partial charge in [0.2, 0.25) is 0 Å². The number of hydrogen-bond donors (Lipinski definition) is 1. The van der Waals surface area contributed by atoms with Crippen molar-refractivity contribution in [1.82, 2.24) is 4.98 Å². The minimum Gasteiger partial charge on any atom is -0.387 e. The summed E-state index contributed by atoms with van der Waals surface area (Å²) in [6, 6.07) is 9.99. The van der Waals surface area contributed by atoms with E-state index in [4.69, 9.17) is 0 Å². The Balaban J connectivity index is 2.11. The average Bonchev–Trinajstić information content (AvgIpc) is 2.33. The lowest BCUT2D eigenvalue weighted by Crippen LogP contribution is -1.94. The lowest BCUT2D eigenvalue weighted by atomic mass is 10.2. The quantitative estimate of drug-likeness (QED) is 0.904. The number of benzene rings is 1. The number of pyridine rings is 1. The Bertz CT molecular complexity index is 482. The summed E-state index contributed by atoms with van der Waals surface area (Å²) in [5, 5.41) is 9.32. The molecule has 1 N–H and O–H groups in total. The Kier molecular flexibility index (Phi) is 3.76. The van der Waals surface area contributed by atoms with Crippen LogP contribution in [0.25, 0.3) is 0 Å². The summed E-state index contributed by atoms with van der Waals surface area (Å²) in [4.78, 5) is 6.06. The summed E-state index contributed by atoms with van der Waals surface area (Å²) in [6.07, 6.45) is 1.15. The fraction of sp³-hybridized carbons (Fsp3) is 0.154. The third kappa shape index (κ3) is 3.28. The molecule has 4 heteroatoms.